The van der Waals surface area contributed by atoms with Crippen LogP contribution in [0.5, 0.6) is 0 Å². The summed E-state index contributed by atoms with van der Waals surface area (Å²) in [4.78, 5) is 32.5. The van der Waals surface area contributed by atoms with Gasteiger partial charge in [0.15, 0.2) is 11.4 Å². The predicted molar refractivity (Wildman–Crippen MR) is 174 cm³/mol. The number of nitrogens with one attached hydrogen (secondary N) is 2. The molecule has 1 aliphatic heterocycles. The van der Waals surface area contributed by atoms with E-state index in [0.29, 0.717) is 10.9 Å². The first-order chi connectivity index (χ1) is 22.4. The van der Waals surface area contributed by atoms with Crippen LogP contribution in [0.1, 0.15) is 48.5 Å². The van der Waals surface area contributed by atoms with Gasteiger partial charge in [0.05, 0.1) is 25.4 Å². The van der Waals surface area contributed by atoms with E-state index in [9.17, 15) is 14.7 Å². The Hall–Kier alpha value is -4.29. The maximum Gasteiger partial charge on any atom is 0.325 e. The highest BCUT2D eigenvalue weighted by atomic mass is 32.2. The fourth-order valence-corrected chi connectivity index (χ4v) is 6.17. The first-order valence-electron chi connectivity index (χ1n) is 15.2. The third-order valence-corrected chi connectivity index (χ3v) is 8.66. The van der Waals surface area contributed by atoms with Gasteiger partial charge in [-0.15, -0.1) is 0 Å². The number of carbonyl (C=O) groups is 2. The molecule has 10 nitrogen and oxygen atoms in total. The number of nitrogens with zero attached hydrogens (tertiary/aromatic N) is 2. The molecule has 4 aromatic rings. The van der Waals surface area contributed by atoms with Crippen LogP contribution < -0.4 is 10.6 Å². The minimum absolute atomic E-state index is 0.0162. The van der Waals surface area contributed by atoms with Gasteiger partial charge in [-0.1, -0.05) is 91.5 Å². The molecule has 0 spiro atoms. The third-order valence-electron chi connectivity index (χ3n) is 7.69. The van der Waals surface area contributed by atoms with E-state index < -0.39 is 18.3 Å². The van der Waals surface area contributed by atoms with E-state index in [-0.39, 0.29) is 44.4 Å². The van der Waals surface area contributed by atoms with E-state index in [1.807, 2.05) is 72.8 Å². The minimum Gasteiger partial charge on any atom is -0.465 e. The molecule has 3 aromatic carbocycles. The van der Waals surface area contributed by atoms with E-state index in [2.05, 4.69) is 27.5 Å². The molecule has 2 amide bonds. The lowest BCUT2D eigenvalue weighted by atomic mass is 9.91. The van der Waals surface area contributed by atoms with E-state index in [1.54, 1.807) is 37.1 Å². The van der Waals surface area contributed by atoms with E-state index in [1.165, 1.54) is 0 Å². The lowest BCUT2D eigenvalue weighted by Crippen LogP contribution is -2.38. The molecule has 1 saturated heterocycles. The second-order valence-corrected chi connectivity index (χ2v) is 11.8. The number of aliphatic hydroxyl groups is 1. The minimum atomic E-state index is -0.602. The van der Waals surface area contributed by atoms with Gasteiger partial charge in [-0.05, 0) is 40.8 Å². The maximum absolute atomic E-state index is 12.3. The summed E-state index contributed by atoms with van der Waals surface area (Å²) in [6.07, 6.45) is 2.49. The number of aliphatic hydroxyl groups excluding tert-OH is 1. The summed E-state index contributed by atoms with van der Waals surface area (Å²) in [7, 11) is 0. The molecule has 11 heteroatoms. The number of ether oxygens (including phenoxy) is 3. The predicted octanol–water partition coefficient (Wildman–Crippen LogP) is 5.58. The largest absolute Gasteiger partial charge is 0.465 e. The van der Waals surface area contributed by atoms with Crippen LogP contribution in [0.4, 0.5) is 4.79 Å². The molecule has 1 aliphatic rings. The third kappa shape index (κ3) is 8.70. The maximum atomic E-state index is 12.3. The Labute approximate surface area is 272 Å². The molecule has 1 aromatic heterocycles. The number of amides is 2. The van der Waals surface area contributed by atoms with Gasteiger partial charge >= 0.3 is 12.0 Å². The van der Waals surface area contributed by atoms with Crippen LogP contribution in [0.15, 0.2) is 96.4 Å². The van der Waals surface area contributed by atoms with Gasteiger partial charge in [0.2, 0.25) is 0 Å². The Bertz CT molecular complexity index is 1570. The number of thioether (sulfide) groups is 1. The second-order valence-electron chi connectivity index (χ2n) is 10.8. The topological polar surface area (TPSA) is 132 Å². The zero-order chi connectivity index (χ0) is 32.3. The normalized spacial score (nSPS) is 19.3. The zero-order valence-electron chi connectivity index (χ0n) is 25.8. The quantitative estimate of drug-likeness (QED) is 0.103. The smallest absolute Gasteiger partial charge is 0.325 e. The highest BCUT2D eigenvalue weighted by molar-refractivity contribution is 7.99. The molecule has 3 N–H and O–H groups in total. The summed E-state index contributed by atoms with van der Waals surface area (Å²) < 4.78 is 18.0. The van der Waals surface area contributed by atoms with Crippen LogP contribution >= 0.6 is 11.8 Å². The molecule has 5 rings (SSSR count). The first-order valence-corrected chi connectivity index (χ1v) is 16.2. The van der Waals surface area contributed by atoms with Crippen molar-refractivity contribution in [2.45, 2.75) is 50.7 Å². The molecular weight excluding hydrogens is 604 g/mol. The van der Waals surface area contributed by atoms with Crippen LogP contribution in [0.2, 0.25) is 0 Å². The standard InChI is InChI=1S/C35H38N4O6S/c1-3-43-31(41)20-39-34(42)38-19-28-7-4-5-8-29(28)25-13-15-27(16-14-25)33-44-30(22-46-35-36-17-6-18-37-35)23(2)32(45-33)26-11-9-24(21-40)10-12-26/h4-18,23,30,32-33,40H,3,19-22H2,1-2H3,(H2,38,39,42)/t23-,30+,32+,33+/m0/s1. The molecule has 2 heterocycles. The van der Waals surface area contributed by atoms with Crippen LogP contribution in [-0.2, 0) is 32.2 Å². The Morgan fingerprint density at radius 2 is 1.63 bits per heavy atom. The van der Waals surface area contributed by atoms with Gasteiger partial charge in [0.1, 0.15) is 6.54 Å². The number of urea groups is 1. The first kappa shape index (κ1) is 33.1. The van der Waals surface area contributed by atoms with E-state index in [0.717, 1.165) is 33.4 Å². The molecule has 0 bridgehead atoms. The van der Waals surface area contributed by atoms with Gasteiger partial charge in [-0.3, -0.25) is 4.79 Å². The highest BCUT2D eigenvalue weighted by Crippen LogP contribution is 2.43. The number of rotatable bonds is 12. The van der Waals surface area contributed by atoms with Crippen LogP contribution in [0.25, 0.3) is 11.1 Å². The van der Waals surface area contributed by atoms with Crippen molar-refractivity contribution in [3.05, 3.63) is 114 Å². The lowest BCUT2D eigenvalue weighted by Gasteiger charge is -2.41. The van der Waals surface area contributed by atoms with Crippen molar-refractivity contribution >= 4 is 23.8 Å². The molecule has 0 aliphatic carbocycles. The Balaban J connectivity index is 1.31. The zero-order valence-corrected chi connectivity index (χ0v) is 26.6. The number of aromatic nitrogens is 2. The van der Waals surface area contributed by atoms with Crippen LogP contribution in [0, 0.1) is 5.92 Å². The molecule has 240 valence electrons. The summed E-state index contributed by atoms with van der Waals surface area (Å²) in [5.41, 5.74) is 5.62. The number of benzene rings is 3. The number of carbonyl (C=O) groups excluding carboxylic acids is 2. The molecule has 4 atom stereocenters. The Kier molecular flexibility index (Phi) is 11.7. The van der Waals surface area contributed by atoms with Gasteiger partial charge < -0.3 is 30.0 Å². The summed E-state index contributed by atoms with van der Waals surface area (Å²) >= 11 is 1.55. The number of hydrogen-bond acceptors (Lipinski definition) is 9. The summed E-state index contributed by atoms with van der Waals surface area (Å²) in [6.45, 7) is 4.17. The van der Waals surface area contributed by atoms with Gasteiger partial charge in [-0.2, -0.15) is 0 Å². The van der Waals surface area contributed by atoms with Gasteiger partial charge in [0.25, 0.3) is 0 Å². The lowest BCUT2D eigenvalue weighted by molar-refractivity contribution is -0.268. The second kappa shape index (κ2) is 16.3. The molecule has 1 fully saturated rings. The van der Waals surface area contributed by atoms with Crippen LogP contribution in [0.3, 0.4) is 0 Å². The highest BCUT2D eigenvalue weighted by Gasteiger charge is 2.38. The average molecular weight is 643 g/mol. The molecule has 46 heavy (non-hydrogen) atoms. The molecule has 0 saturated carbocycles. The van der Waals surface area contributed by atoms with Crippen molar-refractivity contribution in [3.63, 3.8) is 0 Å². The Morgan fingerprint density at radius 3 is 2.35 bits per heavy atom. The van der Waals surface area contributed by atoms with Gasteiger partial charge in [-0.25, -0.2) is 14.8 Å². The number of esters is 1. The van der Waals surface area contributed by atoms with Crippen molar-refractivity contribution in [3.8, 4) is 11.1 Å². The fourth-order valence-electron chi connectivity index (χ4n) is 5.20. The average Bonchev–Trinajstić information content (AvgIpc) is 3.10. The monoisotopic (exact) mass is 642 g/mol. The van der Waals surface area contributed by atoms with Crippen LogP contribution in [-0.4, -0.2) is 52.1 Å². The molecular formula is C35H38N4O6S. The van der Waals surface area contributed by atoms with E-state index in [4.69, 9.17) is 14.2 Å². The summed E-state index contributed by atoms with van der Waals surface area (Å²) in [5, 5.41) is 15.5. The van der Waals surface area contributed by atoms with Crippen molar-refractivity contribution < 1.29 is 28.9 Å². The van der Waals surface area contributed by atoms with Crippen molar-refractivity contribution in [2.24, 2.45) is 5.92 Å². The van der Waals surface area contributed by atoms with E-state index >= 15 is 0 Å². The summed E-state index contributed by atoms with van der Waals surface area (Å²) in [6, 6.07) is 25.1. The number of hydrogen-bond donors (Lipinski definition) is 3. The van der Waals surface area contributed by atoms with Crippen molar-refractivity contribution in [2.75, 3.05) is 18.9 Å². The fraction of sp³-hybridized carbons (Fsp3) is 0.314. The van der Waals surface area contributed by atoms with Gasteiger partial charge in [0, 0.05) is 36.2 Å². The molecule has 0 unspecified atom stereocenters. The SMILES string of the molecule is CCOC(=O)CNC(=O)NCc1ccccc1-c1ccc([C@@H]2O[C@H](CSc3ncccn3)[C@H](C)[C@H](c3ccc(CO)cc3)O2)cc1. The van der Waals surface area contributed by atoms with Crippen molar-refractivity contribution in [1.82, 2.24) is 20.6 Å². The molecule has 0 radical (unpaired) electrons. The Morgan fingerprint density at radius 1 is 0.913 bits per heavy atom. The summed E-state index contributed by atoms with van der Waals surface area (Å²) in [5.74, 6) is 0.211. The van der Waals surface area contributed by atoms with Crippen molar-refractivity contribution in [1.29, 1.82) is 0 Å².